The van der Waals surface area contributed by atoms with Gasteiger partial charge in [0, 0.05) is 31.5 Å². The van der Waals surface area contributed by atoms with Gasteiger partial charge in [-0.25, -0.2) is 4.98 Å². The Morgan fingerprint density at radius 2 is 2.16 bits per heavy atom. The number of nitrogens with zero attached hydrogens (tertiary/aromatic N) is 2. The number of benzene rings is 2. The Labute approximate surface area is 219 Å². The summed E-state index contributed by atoms with van der Waals surface area (Å²) in [4.78, 5) is 26.1. The summed E-state index contributed by atoms with van der Waals surface area (Å²) in [5.41, 5.74) is 5.05. The number of pyridine rings is 1. The van der Waals surface area contributed by atoms with Crippen LogP contribution < -0.4 is 20.5 Å². The minimum Gasteiger partial charge on any atom is -0.495 e. The van der Waals surface area contributed by atoms with Gasteiger partial charge in [0.1, 0.15) is 17.1 Å². The predicted molar refractivity (Wildman–Crippen MR) is 146 cm³/mol. The number of hydrogen-bond acceptors (Lipinski definition) is 7. The topological polar surface area (TPSA) is 116 Å². The minimum atomic E-state index is -0.855. The number of imidazole rings is 1. The molecule has 2 unspecified atom stereocenters. The number of aromatic amines is 2. The van der Waals surface area contributed by atoms with E-state index in [-0.39, 0.29) is 18.2 Å². The highest BCUT2D eigenvalue weighted by Gasteiger charge is 2.20. The Morgan fingerprint density at radius 3 is 2.92 bits per heavy atom. The summed E-state index contributed by atoms with van der Waals surface area (Å²) < 4.78 is 10.9. The van der Waals surface area contributed by atoms with Gasteiger partial charge in [0.25, 0.3) is 5.56 Å². The molecule has 2 atom stereocenters. The van der Waals surface area contributed by atoms with Crippen LogP contribution in [0.1, 0.15) is 24.2 Å². The van der Waals surface area contributed by atoms with Gasteiger partial charge in [0.15, 0.2) is 0 Å². The van der Waals surface area contributed by atoms with Crippen molar-refractivity contribution in [3.8, 4) is 17.1 Å². The van der Waals surface area contributed by atoms with Gasteiger partial charge in [-0.2, -0.15) is 0 Å². The monoisotopic (exact) mass is 523 g/mol. The fourth-order valence-corrected chi connectivity index (χ4v) is 4.97. The smallest absolute Gasteiger partial charge is 0.261 e. The molecule has 1 aliphatic rings. The molecule has 194 valence electrons. The summed E-state index contributed by atoms with van der Waals surface area (Å²) in [5.74, 6) is 0.992. The molecule has 37 heavy (non-hydrogen) atoms. The second kappa shape index (κ2) is 10.5. The van der Waals surface area contributed by atoms with Crippen LogP contribution in [0, 0.1) is 6.92 Å². The molecule has 4 aromatic rings. The van der Waals surface area contributed by atoms with E-state index in [2.05, 4.69) is 39.2 Å². The number of fused-ring (bicyclic) bond motifs is 1. The third-order valence-electron chi connectivity index (χ3n) is 6.61. The van der Waals surface area contributed by atoms with E-state index in [0.29, 0.717) is 40.0 Å². The molecule has 10 heteroatoms. The number of halogens is 1. The summed E-state index contributed by atoms with van der Waals surface area (Å²) >= 11 is 6.21. The lowest BCUT2D eigenvalue weighted by molar-refractivity contribution is 0.0532. The largest absolute Gasteiger partial charge is 0.495 e. The molecule has 2 aromatic heterocycles. The average molecular weight is 524 g/mol. The van der Waals surface area contributed by atoms with Crippen LogP contribution in [-0.2, 0) is 4.74 Å². The fraction of sp³-hybridized carbons (Fsp3) is 0.333. The predicted octanol–water partition coefficient (Wildman–Crippen LogP) is 4.26. The zero-order chi connectivity index (χ0) is 26.1. The number of nitrogens with one attached hydrogen (secondary N) is 3. The highest BCUT2D eigenvalue weighted by atomic mass is 35.5. The number of anilines is 2. The first-order valence-electron chi connectivity index (χ1n) is 12.2. The second-order valence-electron chi connectivity index (χ2n) is 9.26. The number of H-pyrrole nitrogens is 2. The highest BCUT2D eigenvalue weighted by molar-refractivity contribution is 6.32. The van der Waals surface area contributed by atoms with Gasteiger partial charge in [-0.15, -0.1) is 0 Å². The first kappa shape index (κ1) is 25.1. The van der Waals surface area contributed by atoms with Crippen molar-refractivity contribution in [3.63, 3.8) is 0 Å². The number of hydrogen-bond donors (Lipinski definition) is 4. The van der Waals surface area contributed by atoms with Crippen LogP contribution in [0.15, 0.2) is 47.4 Å². The SMILES string of the molecule is COc1ccc(C(O)CNc2cc[nH]c(=O)c2-c2nc3c(C)cc(N4CCOC(C)C4)cc3[nH]2)cc1Cl. The first-order chi connectivity index (χ1) is 17.8. The molecule has 2 aromatic carbocycles. The van der Waals surface area contributed by atoms with Crippen molar-refractivity contribution in [1.29, 1.82) is 0 Å². The quantitative estimate of drug-likeness (QED) is 0.286. The Balaban J connectivity index is 1.43. The molecule has 4 N–H and O–H groups in total. The summed E-state index contributed by atoms with van der Waals surface area (Å²) in [7, 11) is 1.54. The molecule has 1 aliphatic heterocycles. The average Bonchev–Trinajstić information content (AvgIpc) is 3.31. The number of rotatable bonds is 7. The Morgan fingerprint density at radius 1 is 1.32 bits per heavy atom. The molecule has 0 aliphatic carbocycles. The van der Waals surface area contributed by atoms with Gasteiger partial charge >= 0.3 is 0 Å². The van der Waals surface area contributed by atoms with Gasteiger partial charge < -0.3 is 34.8 Å². The Bertz CT molecular complexity index is 1480. The molecule has 5 rings (SSSR count). The molecule has 0 amide bonds. The van der Waals surface area contributed by atoms with Crippen LogP contribution in [-0.4, -0.2) is 59.5 Å². The number of aliphatic hydroxyl groups excluding tert-OH is 1. The van der Waals surface area contributed by atoms with Crippen molar-refractivity contribution >= 4 is 34.0 Å². The van der Waals surface area contributed by atoms with Crippen molar-refractivity contribution < 1.29 is 14.6 Å². The Hall–Kier alpha value is -3.53. The summed E-state index contributed by atoms with van der Waals surface area (Å²) in [6, 6.07) is 11.1. The van der Waals surface area contributed by atoms with Crippen LogP contribution in [0.25, 0.3) is 22.4 Å². The van der Waals surface area contributed by atoms with Gasteiger partial charge in [-0.05, 0) is 55.3 Å². The van der Waals surface area contributed by atoms with Crippen molar-refractivity contribution in [3.05, 3.63) is 69.1 Å². The first-order valence-corrected chi connectivity index (χ1v) is 12.6. The molecular formula is C27H30ClN5O4. The van der Waals surface area contributed by atoms with E-state index in [0.717, 1.165) is 35.4 Å². The molecule has 0 saturated carbocycles. The van der Waals surface area contributed by atoms with Gasteiger partial charge in [0.05, 0.1) is 47.7 Å². The summed E-state index contributed by atoms with van der Waals surface area (Å²) in [6.07, 6.45) is 0.881. The van der Waals surface area contributed by atoms with Crippen molar-refractivity contribution in [2.24, 2.45) is 0 Å². The van der Waals surface area contributed by atoms with Gasteiger partial charge in [-0.1, -0.05) is 17.7 Å². The Kier molecular flexibility index (Phi) is 7.10. The molecule has 9 nitrogen and oxygen atoms in total. The van der Waals surface area contributed by atoms with E-state index in [1.54, 1.807) is 30.5 Å². The number of methoxy groups -OCH3 is 1. The maximum absolute atomic E-state index is 12.9. The summed E-state index contributed by atoms with van der Waals surface area (Å²) in [5, 5.41) is 14.4. The maximum atomic E-state index is 12.9. The normalized spacial score (nSPS) is 16.7. The lowest BCUT2D eigenvalue weighted by atomic mass is 10.1. The van der Waals surface area contributed by atoms with Crippen LogP contribution in [0.5, 0.6) is 5.75 Å². The second-order valence-corrected chi connectivity index (χ2v) is 9.67. The molecule has 0 spiro atoms. The standard InChI is InChI=1S/C27H30ClN5O4/c1-15-10-18(33-8-9-37-16(2)14-33)12-21-25(15)32-26(31-21)24-20(6-7-29-27(24)35)30-13-22(34)17-4-5-23(36-3)19(28)11-17/h4-7,10-12,16,22,34H,8-9,13-14H2,1-3H3,(H,31,32)(H2,29,30,35). The van der Waals surface area contributed by atoms with Crippen LogP contribution >= 0.6 is 11.6 Å². The van der Waals surface area contributed by atoms with Crippen LogP contribution in [0.4, 0.5) is 11.4 Å². The molecule has 0 bridgehead atoms. The number of ether oxygens (including phenoxy) is 2. The molecule has 1 fully saturated rings. The van der Waals surface area contributed by atoms with Crippen molar-refractivity contribution in [2.75, 3.05) is 43.6 Å². The van der Waals surface area contributed by atoms with E-state index in [1.165, 1.54) is 7.11 Å². The number of aliphatic hydroxyl groups is 1. The molecular weight excluding hydrogens is 494 g/mol. The van der Waals surface area contributed by atoms with E-state index in [1.807, 2.05) is 6.92 Å². The van der Waals surface area contributed by atoms with Gasteiger partial charge in [-0.3, -0.25) is 4.79 Å². The molecule has 1 saturated heterocycles. The van der Waals surface area contributed by atoms with Gasteiger partial charge in [0.2, 0.25) is 0 Å². The number of morpholine rings is 1. The molecule has 0 radical (unpaired) electrons. The fourth-order valence-electron chi connectivity index (χ4n) is 4.70. The van der Waals surface area contributed by atoms with E-state index < -0.39 is 6.10 Å². The van der Waals surface area contributed by atoms with E-state index in [9.17, 15) is 9.90 Å². The highest BCUT2D eigenvalue weighted by Crippen LogP contribution is 2.31. The number of aromatic nitrogens is 3. The minimum absolute atomic E-state index is 0.164. The summed E-state index contributed by atoms with van der Waals surface area (Å²) in [6.45, 7) is 6.59. The third-order valence-corrected chi connectivity index (χ3v) is 6.91. The lowest BCUT2D eigenvalue weighted by Crippen LogP contribution is -2.41. The lowest BCUT2D eigenvalue weighted by Gasteiger charge is -2.33. The van der Waals surface area contributed by atoms with E-state index in [4.69, 9.17) is 26.1 Å². The van der Waals surface area contributed by atoms with Crippen LogP contribution in [0.3, 0.4) is 0 Å². The number of aryl methyl sites for hydroxylation is 1. The van der Waals surface area contributed by atoms with Crippen molar-refractivity contribution in [1.82, 2.24) is 15.0 Å². The van der Waals surface area contributed by atoms with Crippen molar-refractivity contribution in [2.45, 2.75) is 26.1 Å². The zero-order valence-electron chi connectivity index (χ0n) is 21.0. The zero-order valence-corrected chi connectivity index (χ0v) is 21.7. The maximum Gasteiger partial charge on any atom is 0.261 e. The van der Waals surface area contributed by atoms with E-state index >= 15 is 0 Å². The molecule has 3 heterocycles. The third kappa shape index (κ3) is 5.16. The van der Waals surface area contributed by atoms with Crippen LogP contribution in [0.2, 0.25) is 5.02 Å².